The van der Waals surface area contributed by atoms with Crippen molar-refractivity contribution >= 4 is 17.5 Å². The lowest BCUT2D eigenvalue weighted by atomic mass is 10.2. The zero-order valence-corrected chi connectivity index (χ0v) is 13.8. The van der Waals surface area contributed by atoms with Gasteiger partial charge in [0, 0.05) is 44.6 Å². The van der Waals surface area contributed by atoms with Gasteiger partial charge in [0.15, 0.2) is 0 Å². The third kappa shape index (κ3) is 4.08. The van der Waals surface area contributed by atoms with Gasteiger partial charge in [-0.05, 0) is 25.1 Å². The number of amides is 1. The number of rotatable bonds is 4. The highest BCUT2D eigenvalue weighted by Crippen LogP contribution is 2.17. The summed E-state index contributed by atoms with van der Waals surface area (Å²) in [6.45, 7) is 4.43. The minimum Gasteiger partial charge on any atom is -0.338 e. The fraction of sp³-hybridized carbons (Fsp3) is 0.353. The molecule has 1 unspecified atom stereocenters. The molecule has 2 aromatic rings. The van der Waals surface area contributed by atoms with Gasteiger partial charge < -0.3 is 10.2 Å². The Morgan fingerprint density at radius 2 is 1.84 bits per heavy atom. The molecular formula is C17H19F2N5O. The standard InChI is InChI=1S/C17H19F2N5O/c1-12(16(25)22-15-11-13(18)3-4-14(15)19)23-7-9-24(10-8-23)17-20-5-2-6-21-17/h2-6,11-12H,7-10H2,1H3,(H,22,25). The molecule has 1 aromatic heterocycles. The number of anilines is 2. The Balaban J connectivity index is 1.57. The summed E-state index contributed by atoms with van der Waals surface area (Å²) in [5.41, 5.74) is -0.145. The summed E-state index contributed by atoms with van der Waals surface area (Å²) < 4.78 is 26.9. The molecule has 1 aliphatic rings. The Morgan fingerprint density at radius 1 is 1.16 bits per heavy atom. The van der Waals surface area contributed by atoms with Crippen LogP contribution in [-0.4, -0.2) is 53.0 Å². The molecule has 0 saturated carbocycles. The lowest BCUT2D eigenvalue weighted by Gasteiger charge is -2.37. The number of hydrogen-bond donors (Lipinski definition) is 1. The molecule has 0 radical (unpaired) electrons. The number of nitrogens with one attached hydrogen (secondary N) is 1. The molecule has 1 amide bonds. The van der Waals surface area contributed by atoms with Crippen LogP contribution in [-0.2, 0) is 4.79 Å². The fourth-order valence-electron chi connectivity index (χ4n) is 2.76. The second-order valence-electron chi connectivity index (χ2n) is 5.86. The van der Waals surface area contributed by atoms with Crippen LogP contribution in [0.25, 0.3) is 0 Å². The van der Waals surface area contributed by atoms with Crippen molar-refractivity contribution in [3.05, 3.63) is 48.3 Å². The van der Waals surface area contributed by atoms with E-state index in [0.717, 1.165) is 18.2 Å². The molecule has 0 aliphatic carbocycles. The molecule has 1 N–H and O–H groups in total. The molecule has 1 aliphatic heterocycles. The maximum atomic E-state index is 13.7. The van der Waals surface area contributed by atoms with Crippen molar-refractivity contribution in [2.24, 2.45) is 0 Å². The molecule has 0 bridgehead atoms. The molecule has 25 heavy (non-hydrogen) atoms. The monoisotopic (exact) mass is 347 g/mol. The van der Waals surface area contributed by atoms with Crippen LogP contribution < -0.4 is 10.2 Å². The van der Waals surface area contributed by atoms with Gasteiger partial charge in [-0.3, -0.25) is 9.69 Å². The highest BCUT2D eigenvalue weighted by atomic mass is 19.1. The van der Waals surface area contributed by atoms with Crippen LogP contribution in [0, 0.1) is 11.6 Å². The van der Waals surface area contributed by atoms with Crippen LogP contribution in [0.4, 0.5) is 20.4 Å². The van der Waals surface area contributed by atoms with Gasteiger partial charge in [0.05, 0.1) is 11.7 Å². The van der Waals surface area contributed by atoms with Crippen molar-refractivity contribution in [1.82, 2.24) is 14.9 Å². The first kappa shape index (κ1) is 17.2. The summed E-state index contributed by atoms with van der Waals surface area (Å²) in [5, 5.41) is 2.46. The van der Waals surface area contributed by atoms with Gasteiger partial charge in [0.25, 0.3) is 0 Å². The lowest BCUT2D eigenvalue weighted by Crippen LogP contribution is -2.53. The van der Waals surface area contributed by atoms with Crippen LogP contribution in [0.3, 0.4) is 0 Å². The number of nitrogens with zero attached hydrogens (tertiary/aromatic N) is 4. The summed E-state index contributed by atoms with van der Waals surface area (Å²) in [7, 11) is 0. The average molecular weight is 347 g/mol. The molecule has 132 valence electrons. The van der Waals surface area contributed by atoms with Crippen LogP contribution in [0.15, 0.2) is 36.7 Å². The quantitative estimate of drug-likeness (QED) is 0.915. The topological polar surface area (TPSA) is 61.4 Å². The highest BCUT2D eigenvalue weighted by Gasteiger charge is 2.26. The first-order valence-corrected chi connectivity index (χ1v) is 8.06. The van der Waals surface area contributed by atoms with E-state index in [2.05, 4.69) is 15.3 Å². The Kier molecular flexibility index (Phi) is 5.18. The van der Waals surface area contributed by atoms with Gasteiger partial charge in [-0.15, -0.1) is 0 Å². The number of aromatic nitrogens is 2. The molecule has 1 fully saturated rings. The predicted molar refractivity (Wildman–Crippen MR) is 90.3 cm³/mol. The van der Waals surface area contributed by atoms with Crippen LogP contribution in [0.1, 0.15) is 6.92 Å². The minimum absolute atomic E-state index is 0.145. The Labute approximate surface area is 144 Å². The van der Waals surface area contributed by atoms with Gasteiger partial charge in [-0.2, -0.15) is 0 Å². The second-order valence-corrected chi connectivity index (χ2v) is 5.86. The number of benzene rings is 1. The van der Waals surface area contributed by atoms with Crippen LogP contribution >= 0.6 is 0 Å². The normalized spacial score (nSPS) is 16.5. The number of carbonyl (C=O) groups is 1. The first-order chi connectivity index (χ1) is 12.0. The van der Waals surface area contributed by atoms with E-state index in [4.69, 9.17) is 0 Å². The maximum Gasteiger partial charge on any atom is 0.241 e. The van der Waals surface area contributed by atoms with Gasteiger partial charge in [-0.1, -0.05) is 0 Å². The van der Waals surface area contributed by atoms with Gasteiger partial charge in [0.1, 0.15) is 11.6 Å². The molecule has 6 nitrogen and oxygen atoms in total. The largest absolute Gasteiger partial charge is 0.338 e. The predicted octanol–water partition coefficient (Wildman–Crippen LogP) is 1.90. The number of halogens is 2. The zero-order valence-electron chi connectivity index (χ0n) is 13.8. The average Bonchev–Trinajstić information content (AvgIpc) is 2.65. The first-order valence-electron chi connectivity index (χ1n) is 8.06. The van der Waals surface area contributed by atoms with Crippen molar-refractivity contribution < 1.29 is 13.6 Å². The summed E-state index contributed by atoms with van der Waals surface area (Å²) in [5.74, 6) is -0.955. The van der Waals surface area contributed by atoms with Crippen molar-refractivity contribution in [2.45, 2.75) is 13.0 Å². The maximum absolute atomic E-state index is 13.7. The molecule has 1 saturated heterocycles. The summed E-state index contributed by atoms with van der Waals surface area (Å²) in [6.07, 6.45) is 3.39. The summed E-state index contributed by atoms with van der Waals surface area (Å²) in [4.78, 5) is 24.8. The Bertz CT molecular complexity index is 735. The fourth-order valence-corrected chi connectivity index (χ4v) is 2.76. The van der Waals surface area contributed by atoms with E-state index < -0.39 is 17.7 Å². The van der Waals surface area contributed by atoms with E-state index in [1.54, 1.807) is 25.4 Å². The molecule has 3 rings (SSSR count). The summed E-state index contributed by atoms with van der Waals surface area (Å²) in [6, 6.07) is 4.29. The SMILES string of the molecule is CC(C(=O)Nc1cc(F)ccc1F)N1CCN(c2ncccn2)CC1. The molecule has 8 heteroatoms. The summed E-state index contributed by atoms with van der Waals surface area (Å²) >= 11 is 0. The van der Waals surface area contributed by atoms with Crippen LogP contribution in [0.2, 0.25) is 0 Å². The minimum atomic E-state index is -0.659. The zero-order chi connectivity index (χ0) is 17.8. The Morgan fingerprint density at radius 3 is 2.52 bits per heavy atom. The number of hydrogen-bond acceptors (Lipinski definition) is 5. The molecule has 1 atom stereocenters. The lowest BCUT2D eigenvalue weighted by molar-refractivity contribution is -0.120. The molecule has 2 heterocycles. The van der Waals surface area contributed by atoms with Crippen molar-refractivity contribution in [3.8, 4) is 0 Å². The van der Waals surface area contributed by atoms with E-state index in [9.17, 15) is 13.6 Å². The number of piperazine rings is 1. The molecular weight excluding hydrogens is 328 g/mol. The van der Waals surface area contributed by atoms with Gasteiger partial charge in [-0.25, -0.2) is 18.7 Å². The molecule has 0 spiro atoms. The van der Waals surface area contributed by atoms with Gasteiger partial charge in [0.2, 0.25) is 11.9 Å². The third-order valence-electron chi connectivity index (χ3n) is 4.26. The van der Waals surface area contributed by atoms with E-state index in [1.807, 2.05) is 9.80 Å². The van der Waals surface area contributed by atoms with E-state index in [0.29, 0.717) is 32.1 Å². The second kappa shape index (κ2) is 7.52. The van der Waals surface area contributed by atoms with Crippen LogP contribution in [0.5, 0.6) is 0 Å². The van der Waals surface area contributed by atoms with E-state index in [1.165, 1.54) is 0 Å². The Hall–Kier alpha value is -2.61. The van der Waals surface area contributed by atoms with Crippen molar-refractivity contribution in [1.29, 1.82) is 0 Å². The smallest absolute Gasteiger partial charge is 0.241 e. The van der Waals surface area contributed by atoms with Crippen molar-refractivity contribution in [2.75, 3.05) is 36.4 Å². The third-order valence-corrected chi connectivity index (χ3v) is 4.26. The van der Waals surface area contributed by atoms with Crippen molar-refractivity contribution in [3.63, 3.8) is 0 Å². The highest BCUT2D eigenvalue weighted by molar-refractivity contribution is 5.94. The van der Waals surface area contributed by atoms with Gasteiger partial charge >= 0.3 is 0 Å². The molecule has 1 aromatic carbocycles. The number of carbonyl (C=O) groups excluding carboxylic acids is 1. The van der Waals surface area contributed by atoms with E-state index in [-0.39, 0.29) is 11.6 Å². The van der Waals surface area contributed by atoms with E-state index >= 15 is 0 Å².